The van der Waals surface area contributed by atoms with Crippen molar-refractivity contribution in [2.24, 2.45) is 0 Å². The predicted octanol–water partition coefficient (Wildman–Crippen LogP) is 1.43. The molecule has 4 nitrogen and oxygen atoms in total. The van der Waals surface area contributed by atoms with Gasteiger partial charge in [0.05, 0.1) is 0 Å². The molecule has 0 aliphatic carbocycles. The molecular formula is C10H27NO3Si. The van der Waals surface area contributed by atoms with Crippen molar-refractivity contribution in [1.82, 2.24) is 5.32 Å². The van der Waals surface area contributed by atoms with Gasteiger partial charge in [-0.1, -0.05) is 6.92 Å². The van der Waals surface area contributed by atoms with Gasteiger partial charge in [0.15, 0.2) is 0 Å². The maximum Gasteiger partial charge on any atom is 0.484 e. The number of nitrogens with one attached hydrogen (secondary N) is 1. The Kier molecular flexibility index (Phi) is 19.2. The molecule has 5 heteroatoms. The number of hydrogen-bond donors (Lipinski definition) is 1. The molecule has 0 bridgehead atoms. The fraction of sp³-hybridized carbons (Fsp3) is 1.00. The van der Waals surface area contributed by atoms with E-state index in [0.717, 1.165) is 6.54 Å². The zero-order chi connectivity index (χ0) is 11.9. The van der Waals surface area contributed by atoms with Crippen LogP contribution in [-0.4, -0.2) is 42.9 Å². The lowest BCUT2D eigenvalue weighted by molar-refractivity contribution is 0.107. The van der Waals surface area contributed by atoms with Crippen LogP contribution in [0, 0.1) is 0 Å². The van der Waals surface area contributed by atoms with Crippen LogP contribution in [0.25, 0.3) is 0 Å². The largest absolute Gasteiger partial charge is 0.484 e. The number of hydrogen-bond acceptors (Lipinski definition) is 4. The van der Waals surface area contributed by atoms with Crippen LogP contribution in [0.1, 0.15) is 34.1 Å². The second-order valence-electron chi connectivity index (χ2n) is 2.76. The van der Waals surface area contributed by atoms with Gasteiger partial charge in [-0.15, -0.1) is 0 Å². The van der Waals surface area contributed by atoms with Crippen LogP contribution >= 0.6 is 0 Å². The van der Waals surface area contributed by atoms with Crippen LogP contribution < -0.4 is 5.32 Å². The van der Waals surface area contributed by atoms with Gasteiger partial charge in [0.1, 0.15) is 0 Å². The van der Waals surface area contributed by atoms with E-state index in [0.29, 0.717) is 19.8 Å². The summed E-state index contributed by atoms with van der Waals surface area (Å²) in [6.07, 6.45) is 1.23. The summed E-state index contributed by atoms with van der Waals surface area (Å²) in [4.78, 5) is 0. The van der Waals surface area contributed by atoms with E-state index >= 15 is 0 Å². The SMILES string of the molecule is CCCNC.CCO[SiH](OCC)OCC. The lowest BCUT2D eigenvalue weighted by Gasteiger charge is -2.12. The second kappa shape index (κ2) is 16.5. The maximum absolute atomic E-state index is 5.22. The van der Waals surface area contributed by atoms with E-state index in [1.807, 2.05) is 27.8 Å². The van der Waals surface area contributed by atoms with Gasteiger partial charge in [-0.25, -0.2) is 0 Å². The van der Waals surface area contributed by atoms with Gasteiger partial charge < -0.3 is 18.6 Å². The highest BCUT2D eigenvalue weighted by Crippen LogP contribution is 1.91. The third kappa shape index (κ3) is 16.7. The highest BCUT2D eigenvalue weighted by Gasteiger charge is 2.11. The van der Waals surface area contributed by atoms with Gasteiger partial charge in [0.25, 0.3) is 0 Å². The summed E-state index contributed by atoms with van der Waals surface area (Å²) in [7, 11) is 0.228. The Morgan fingerprint density at radius 3 is 1.40 bits per heavy atom. The average molecular weight is 237 g/mol. The van der Waals surface area contributed by atoms with E-state index in [1.54, 1.807) is 0 Å². The van der Waals surface area contributed by atoms with E-state index in [9.17, 15) is 0 Å². The first-order chi connectivity index (χ1) is 7.26. The van der Waals surface area contributed by atoms with Crippen molar-refractivity contribution in [2.45, 2.75) is 34.1 Å². The fourth-order valence-electron chi connectivity index (χ4n) is 0.803. The summed E-state index contributed by atoms with van der Waals surface area (Å²) < 4.78 is 15.7. The lowest BCUT2D eigenvalue weighted by Crippen LogP contribution is -2.27. The summed E-state index contributed by atoms with van der Waals surface area (Å²) in [5, 5.41) is 3.02. The zero-order valence-electron chi connectivity index (χ0n) is 10.8. The summed E-state index contributed by atoms with van der Waals surface area (Å²) in [5.41, 5.74) is 0. The average Bonchev–Trinajstić information content (AvgIpc) is 2.21. The Balaban J connectivity index is 0. The molecule has 0 aliphatic rings. The Morgan fingerprint density at radius 2 is 1.27 bits per heavy atom. The van der Waals surface area contributed by atoms with Crippen molar-refractivity contribution in [2.75, 3.05) is 33.4 Å². The van der Waals surface area contributed by atoms with E-state index in [4.69, 9.17) is 13.3 Å². The van der Waals surface area contributed by atoms with Crippen molar-refractivity contribution < 1.29 is 13.3 Å². The van der Waals surface area contributed by atoms with E-state index < -0.39 is 9.53 Å². The molecule has 1 N–H and O–H groups in total. The molecule has 0 saturated heterocycles. The Hall–Kier alpha value is 0.0569. The minimum atomic E-state index is -1.73. The molecule has 0 radical (unpaired) electrons. The molecule has 15 heavy (non-hydrogen) atoms. The summed E-state index contributed by atoms with van der Waals surface area (Å²) >= 11 is 0. The fourth-order valence-corrected chi connectivity index (χ4v) is 1.91. The van der Waals surface area contributed by atoms with Crippen molar-refractivity contribution in [3.63, 3.8) is 0 Å². The van der Waals surface area contributed by atoms with Crippen LogP contribution in [0.3, 0.4) is 0 Å². The van der Waals surface area contributed by atoms with Crippen LogP contribution in [-0.2, 0) is 13.3 Å². The third-order valence-corrected chi connectivity index (χ3v) is 3.22. The van der Waals surface area contributed by atoms with Crippen LogP contribution in [0.15, 0.2) is 0 Å². The molecule has 0 aliphatic heterocycles. The Bertz CT molecular complexity index is 90.4. The molecule has 0 saturated carbocycles. The number of rotatable bonds is 8. The third-order valence-electron chi connectivity index (χ3n) is 1.41. The molecule has 0 atom stereocenters. The van der Waals surface area contributed by atoms with Gasteiger partial charge in [-0.3, -0.25) is 0 Å². The molecular weight excluding hydrogens is 210 g/mol. The first-order valence-corrected chi connectivity index (χ1v) is 7.17. The molecule has 0 amide bonds. The first-order valence-electron chi connectivity index (χ1n) is 5.76. The lowest BCUT2D eigenvalue weighted by atomic mass is 10.5. The van der Waals surface area contributed by atoms with Crippen molar-refractivity contribution in [3.8, 4) is 0 Å². The quantitative estimate of drug-likeness (QED) is 0.648. The monoisotopic (exact) mass is 237 g/mol. The molecule has 0 heterocycles. The topological polar surface area (TPSA) is 39.7 Å². The molecule has 0 aromatic carbocycles. The molecule has 0 aromatic rings. The molecule has 94 valence electrons. The smallest absolute Gasteiger partial charge is 0.376 e. The normalized spacial score (nSPS) is 10.0. The summed E-state index contributed by atoms with van der Waals surface area (Å²) in [6.45, 7) is 11.1. The standard InChI is InChI=1S/C6H16O3Si.C4H11N/c1-4-7-10(8-5-2)9-6-3;1-3-4-5-2/h10H,4-6H2,1-3H3;5H,3-4H2,1-2H3. The Morgan fingerprint density at radius 1 is 0.867 bits per heavy atom. The van der Waals surface area contributed by atoms with Crippen molar-refractivity contribution in [1.29, 1.82) is 0 Å². The minimum Gasteiger partial charge on any atom is -0.376 e. The summed E-state index contributed by atoms with van der Waals surface area (Å²) in [6, 6.07) is 0. The predicted molar refractivity (Wildman–Crippen MR) is 66.2 cm³/mol. The van der Waals surface area contributed by atoms with E-state index in [1.165, 1.54) is 6.42 Å². The van der Waals surface area contributed by atoms with Gasteiger partial charge in [-0.05, 0) is 40.8 Å². The first kappa shape index (κ1) is 17.5. The van der Waals surface area contributed by atoms with Crippen LogP contribution in [0.4, 0.5) is 0 Å². The maximum atomic E-state index is 5.22. The van der Waals surface area contributed by atoms with Crippen molar-refractivity contribution in [3.05, 3.63) is 0 Å². The van der Waals surface area contributed by atoms with Gasteiger partial charge in [-0.2, -0.15) is 0 Å². The van der Waals surface area contributed by atoms with Gasteiger partial charge in [0.2, 0.25) is 0 Å². The van der Waals surface area contributed by atoms with E-state index in [2.05, 4.69) is 12.2 Å². The molecule has 0 rings (SSSR count). The van der Waals surface area contributed by atoms with Gasteiger partial charge >= 0.3 is 9.53 Å². The van der Waals surface area contributed by atoms with Gasteiger partial charge in [0, 0.05) is 19.8 Å². The van der Waals surface area contributed by atoms with Crippen LogP contribution in [0.2, 0.25) is 0 Å². The van der Waals surface area contributed by atoms with Crippen molar-refractivity contribution >= 4 is 9.53 Å². The Labute approximate surface area is 96.3 Å². The zero-order valence-corrected chi connectivity index (χ0v) is 12.0. The van der Waals surface area contributed by atoms with Crippen LogP contribution in [0.5, 0.6) is 0 Å². The molecule has 0 spiro atoms. The minimum absolute atomic E-state index is 0.677. The molecule has 0 fully saturated rings. The highest BCUT2D eigenvalue weighted by molar-refractivity contribution is 6.36. The van der Waals surface area contributed by atoms with E-state index in [-0.39, 0.29) is 0 Å². The molecule has 0 aromatic heterocycles. The molecule has 0 unspecified atom stereocenters. The summed E-state index contributed by atoms with van der Waals surface area (Å²) in [5.74, 6) is 0. The second-order valence-corrected chi connectivity index (χ2v) is 4.34. The highest BCUT2D eigenvalue weighted by atomic mass is 28.3.